The molecule has 1 fully saturated rings. The molecule has 5 heteroatoms. The summed E-state index contributed by atoms with van der Waals surface area (Å²) in [5.74, 6) is 1.00. The predicted molar refractivity (Wildman–Crippen MR) is 67.2 cm³/mol. The molecular weight excluding hydrogens is 238 g/mol. The highest BCUT2D eigenvalue weighted by Gasteiger charge is 2.29. The van der Waals surface area contributed by atoms with Crippen LogP contribution in [0.1, 0.15) is 38.9 Å². The molecule has 2 rings (SSSR count). The summed E-state index contributed by atoms with van der Waals surface area (Å²) in [6.07, 6.45) is 4.15. The van der Waals surface area contributed by atoms with Crippen LogP contribution in [-0.2, 0) is 17.7 Å². The van der Waals surface area contributed by atoms with Crippen LogP contribution in [0.15, 0.2) is 0 Å². The molecular formula is C12H20ClN3O. The smallest absolute Gasteiger partial charge is 0.225 e. The second kappa shape index (κ2) is 5.36. The van der Waals surface area contributed by atoms with Crippen LogP contribution < -0.4 is 0 Å². The lowest BCUT2D eigenvalue weighted by molar-refractivity contribution is 0.0151. The summed E-state index contributed by atoms with van der Waals surface area (Å²) in [7, 11) is 0. The Hall–Kier alpha value is -0.610. The molecule has 1 aliphatic rings. The average Bonchev–Trinajstić information content (AvgIpc) is 2.63. The van der Waals surface area contributed by atoms with Crippen molar-refractivity contribution in [2.45, 2.75) is 46.1 Å². The summed E-state index contributed by atoms with van der Waals surface area (Å²) in [5.41, 5.74) is 0.257. The van der Waals surface area contributed by atoms with Gasteiger partial charge >= 0.3 is 0 Å². The van der Waals surface area contributed by atoms with Gasteiger partial charge in [-0.15, -0.1) is 10.2 Å². The van der Waals surface area contributed by atoms with E-state index in [2.05, 4.69) is 28.6 Å². The Balaban J connectivity index is 2.13. The molecule has 2 heterocycles. The largest absolute Gasteiger partial charge is 0.381 e. The number of halogens is 1. The van der Waals surface area contributed by atoms with Gasteiger partial charge in [0.1, 0.15) is 5.82 Å². The van der Waals surface area contributed by atoms with E-state index < -0.39 is 0 Å². The van der Waals surface area contributed by atoms with E-state index in [1.807, 2.05) is 0 Å². The topological polar surface area (TPSA) is 39.9 Å². The predicted octanol–water partition coefficient (Wildman–Crippen LogP) is 2.70. The molecule has 96 valence electrons. The summed E-state index contributed by atoms with van der Waals surface area (Å²) in [6, 6.07) is 0. The Morgan fingerprint density at radius 2 is 2.06 bits per heavy atom. The van der Waals surface area contributed by atoms with Crippen molar-refractivity contribution in [2.75, 3.05) is 13.2 Å². The molecule has 1 aliphatic heterocycles. The van der Waals surface area contributed by atoms with E-state index >= 15 is 0 Å². The lowest BCUT2D eigenvalue weighted by Gasteiger charge is -2.34. The normalized spacial score (nSPS) is 19.5. The molecule has 0 radical (unpaired) electrons. The minimum Gasteiger partial charge on any atom is -0.381 e. The quantitative estimate of drug-likeness (QED) is 0.833. The van der Waals surface area contributed by atoms with E-state index in [9.17, 15) is 0 Å². The highest BCUT2D eigenvalue weighted by atomic mass is 35.5. The monoisotopic (exact) mass is 257 g/mol. The minimum absolute atomic E-state index is 0.257. The van der Waals surface area contributed by atoms with Crippen molar-refractivity contribution in [2.24, 2.45) is 5.41 Å². The number of nitrogens with zero attached hydrogens (tertiary/aromatic N) is 3. The second-order valence-electron chi connectivity index (χ2n) is 5.14. The van der Waals surface area contributed by atoms with Gasteiger partial charge < -0.3 is 9.30 Å². The zero-order chi connectivity index (χ0) is 12.3. The Morgan fingerprint density at radius 3 is 2.71 bits per heavy atom. The van der Waals surface area contributed by atoms with Gasteiger partial charge in [-0.3, -0.25) is 0 Å². The molecule has 1 aromatic heterocycles. The van der Waals surface area contributed by atoms with Crippen molar-refractivity contribution in [1.82, 2.24) is 14.8 Å². The number of aryl methyl sites for hydroxylation is 1. The molecule has 0 aliphatic carbocycles. The first-order valence-corrected chi connectivity index (χ1v) is 6.68. The molecule has 1 saturated heterocycles. The third kappa shape index (κ3) is 2.99. The van der Waals surface area contributed by atoms with Crippen molar-refractivity contribution < 1.29 is 4.74 Å². The van der Waals surface area contributed by atoms with E-state index in [1.54, 1.807) is 0 Å². The van der Waals surface area contributed by atoms with Crippen molar-refractivity contribution in [1.29, 1.82) is 0 Å². The lowest BCUT2D eigenvalue weighted by Crippen LogP contribution is -2.31. The average molecular weight is 258 g/mol. The zero-order valence-electron chi connectivity index (χ0n) is 10.6. The summed E-state index contributed by atoms with van der Waals surface area (Å²) < 4.78 is 7.48. The van der Waals surface area contributed by atoms with Crippen LogP contribution in [0.4, 0.5) is 0 Å². The molecule has 0 bridgehead atoms. The fourth-order valence-corrected chi connectivity index (χ4v) is 2.48. The Kier molecular flexibility index (Phi) is 4.05. The molecule has 0 saturated carbocycles. The Morgan fingerprint density at radius 1 is 1.35 bits per heavy atom. The van der Waals surface area contributed by atoms with Gasteiger partial charge in [0, 0.05) is 26.2 Å². The molecule has 0 aromatic carbocycles. The zero-order valence-corrected chi connectivity index (χ0v) is 11.3. The van der Waals surface area contributed by atoms with Crippen LogP contribution in [0, 0.1) is 5.41 Å². The molecule has 0 spiro atoms. The third-order valence-corrected chi connectivity index (χ3v) is 3.78. The van der Waals surface area contributed by atoms with Crippen molar-refractivity contribution in [3.63, 3.8) is 0 Å². The van der Waals surface area contributed by atoms with Gasteiger partial charge in [0.25, 0.3) is 0 Å². The third-order valence-electron chi connectivity index (χ3n) is 3.50. The molecule has 0 unspecified atom stereocenters. The van der Waals surface area contributed by atoms with Crippen LogP contribution >= 0.6 is 11.6 Å². The van der Waals surface area contributed by atoms with Crippen molar-refractivity contribution in [3.05, 3.63) is 11.1 Å². The SMILES string of the molecule is CCCc1nnc(Cl)n1CC1(C)CCOCC1. The van der Waals surface area contributed by atoms with Gasteiger partial charge in [-0.05, 0) is 36.3 Å². The van der Waals surface area contributed by atoms with E-state index in [4.69, 9.17) is 16.3 Å². The van der Waals surface area contributed by atoms with Crippen LogP contribution in [0.3, 0.4) is 0 Å². The van der Waals surface area contributed by atoms with Gasteiger partial charge in [0.05, 0.1) is 0 Å². The molecule has 1 aromatic rings. The number of hydrogen-bond acceptors (Lipinski definition) is 3. The highest BCUT2D eigenvalue weighted by Crippen LogP contribution is 2.32. The molecule has 0 amide bonds. The van der Waals surface area contributed by atoms with Crippen LogP contribution in [0.5, 0.6) is 0 Å². The van der Waals surface area contributed by atoms with Gasteiger partial charge in [0.15, 0.2) is 0 Å². The first kappa shape index (κ1) is 12.8. The maximum Gasteiger partial charge on any atom is 0.225 e. The van der Waals surface area contributed by atoms with E-state index in [-0.39, 0.29) is 5.41 Å². The number of rotatable bonds is 4. The fourth-order valence-electron chi connectivity index (χ4n) is 2.28. The van der Waals surface area contributed by atoms with Crippen molar-refractivity contribution >= 4 is 11.6 Å². The highest BCUT2D eigenvalue weighted by molar-refractivity contribution is 6.28. The summed E-state index contributed by atoms with van der Waals surface area (Å²) in [5, 5.41) is 8.65. The van der Waals surface area contributed by atoms with Gasteiger partial charge in [-0.1, -0.05) is 13.8 Å². The summed E-state index contributed by atoms with van der Waals surface area (Å²) in [4.78, 5) is 0. The Bertz CT molecular complexity index is 372. The first-order valence-electron chi connectivity index (χ1n) is 6.30. The van der Waals surface area contributed by atoms with Crippen LogP contribution in [0.25, 0.3) is 0 Å². The van der Waals surface area contributed by atoms with Gasteiger partial charge in [-0.25, -0.2) is 0 Å². The molecule has 0 atom stereocenters. The van der Waals surface area contributed by atoms with Gasteiger partial charge in [0.2, 0.25) is 5.28 Å². The number of aromatic nitrogens is 3. The van der Waals surface area contributed by atoms with E-state index in [1.165, 1.54) is 0 Å². The van der Waals surface area contributed by atoms with E-state index in [0.717, 1.165) is 51.3 Å². The standard InChI is InChI=1S/C12H20ClN3O/c1-3-4-10-14-15-11(13)16(10)9-12(2)5-7-17-8-6-12/h3-9H2,1-2H3. The van der Waals surface area contributed by atoms with E-state index in [0.29, 0.717) is 5.28 Å². The second-order valence-corrected chi connectivity index (χ2v) is 5.48. The van der Waals surface area contributed by atoms with Gasteiger partial charge in [-0.2, -0.15) is 0 Å². The number of ether oxygens (including phenoxy) is 1. The number of hydrogen-bond donors (Lipinski definition) is 0. The first-order chi connectivity index (χ1) is 8.14. The lowest BCUT2D eigenvalue weighted by atomic mass is 9.82. The maximum atomic E-state index is 6.12. The molecule has 4 nitrogen and oxygen atoms in total. The van der Waals surface area contributed by atoms with Crippen LogP contribution in [-0.4, -0.2) is 28.0 Å². The summed E-state index contributed by atoms with van der Waals surface area (Å²) >= 11 is 6.12. The maximum absolute atomic E-state index is 6.12. The Labute approximate surface area is 107 Å². The van der Waals surface area contributed by atoms with Crippen molar-refractivity contribution in [3.8, 4) is 0 Å². The molecule has 0 N–H and O–H groups in total. The minimum atomic E-state index is 0.257. The molecule has 17 heavy (non-hydrogen) atoms. The van der Waals surface area contributed by atoms with Crippen LogP contribution in [0.2, 0.25) is 5.28 Å². The summed E-state index contributed by atoms with van der Waals surface area (Å²) in [6.45, 7) is 7.03. The fraction of sp³-hybridized carbons (Fsp3) is 0.833.